The lowest BCUT2D eigenvalue weighted by Crippen LogP contribution is -2.53. The van der Waals surface area contributed by atoms with Gasteiger partial charge in [0.2, 0.25) is 0 Å². The van der Waals surface area contributed by atoms with Crippen molar-refractivity contribution in [1.29, 1.82) is 0 Å². The van der Waals surface area contributed by atoms with E-state index in [1.165, 1.54) is 27.7 Å². The summed E-state index contributed by atoms with van der Waals surface area (Å²) in [6, 6.07) is 10.1. The molecule has 2 aliphatic rings. The number of aromatic nitrogens is 1. The number of nitrogens with one attached hydrogen (secondary N) is 1. The van der Waals surface area contributed by atoms with Crippen LogP contribution in [0.15, 0.2) is 36.4 Å². The molecule has 2 aliphatic heterocycles. The highest BCUT2D eigenvalue weighted by Crippen LogP contribution is 2.31. The van der Waals surface area contributed by atoms with Crippen LogP contribution in [0.2, 0.25) is 0 Å². The van der Waals surface area contributed by atoms with Crippen LogP contribution >= 0.6 is 0 Å². The van der Waals surface area contributed by atoms with E-state index in [-0.39, 0.29) is 18.5 Å². The predicted octanol–water partition coefficient (Wildman–Crippen LogP) is 6.61. The monoisotopic (exact) mass is 545 g/mol. The Kier molecular flexibility index (Phi) is 10.5. The molecule has 8 heteroatoms. The molecule has 2 aromatic carbocycles. The van der Waals surface area contributed by atoms with Gasteiger partial charge in [0.1, 0.15) is 29.2 Å². The molecule has 39 heavy (non-hydrogen) atoms. The highest BCUT2D eigenvalue weighted by Gasteiger charge is 2.30. The minimum Gasteiger partial charge on any atom is -0.488 e. The number of ether oxygens (including phenoxy) is 1. The molecule has 212 valence electrons. The van der Waals surface area contributed by atoms with Crippen LogP contribution in [0.25, 0.3) is 10.9 Å². The third-order valence-electron chi connectivity index (χ3n) is 6.88. The van der Waals surface area contributed by atoms with Crippen LogP contribution in [0.5, 0.6) is 5.75 Å². The molecule has 3 heterocycles. The number of hydrogen-bond donors (Lipinski definition) is 1. The largest absolute Gasteiger partial charge is 0.488 e. The normalized spacial score (nSPS) is 17.8. The van der Waals surface area contributed by atoms with Crippen molar-refractivity contribution >= 4 is 10.9 Å². The van der Waals surface area contributed by atoms with E-state index in [4.69, 9.17) is 4.74 Å². The Bertz CT molecular complexity index is 1220. The fraction of sp³-hybridized carbons (Fsp3) is 0.484. The van der Waals surface area contributed by atoms with Crippen LogP contribution in [0.4, 0.5) is 17.6 Å². The lowest BCUT2D eigenvalue weighted by atomic mass is 9.96. The zero-order valence-electron chi connectivity index (χ0n) is 23.2. The highest BCUT2D eigenvalue weighted by molar-refractivity contribution is 5.85. The van der Waals surface area contributed by atoms with E-state index >= 15 is 0 Å². The number of likely N-dealkylation sites (tertiary alicyclic amines) is 1. The summed E-state index contributed by atoms with van der Waals surface area (Å²) in [5.74, 6) is -1.08. The van der Waals surface area contributed by atoms with E-state index in [0.29, 0.717) is 38.6 Å². The third-order valence-corrected chi connectivity index (χ3v) is 6.88. The van der Waals surface area contributed by atoms with Crippen molar-refractivity contribution in [3.8, 4) is 18.6 Å². The van der Waals surface area contributed by atoms with Gasteiger partial charge in [-0.25, -0.2) is 13.2 Å². The fourth-order valence-corrected chi connectivity index (χ4v) is 5.12. The standard InChI is InChI=1S/C17H23FN2.C12H14F3NO.C2H2/c1-11-5-6-13-14-8-12(2)20(10-17(3,4)18)9-16(14)19-15(13)7-11;13-2-1-3-16-7-12(8-16)17-11-5-9(14)4-10(15)6-11;1-2/h5-7,12,19H,8-10H2,1-4H3;4-6,12H,1-3,7-8H2;1-2H/t12-;;/m1../s1. The van der Waals surface area contributed by atoms with Crippen molar-refractivity contribution < 1.29 is 22.3 Å². The van der Waals surface area contributed by atoms with Crippen LogP contribution in [-0.2, 0) is 13.0 Å². The maximum absolute atomic E-state index is 13.9. The van der Waals surface area contributed by atoms with Crippen LogP contribution in [-0.4, -0.2) is 65.5 Å². The Labute approximate surface area is 229 Å². The molecule has 0 bridgehead atoms. The second kappa shape index (κ2) is 13.4. The molecule has 1 saturated heterocycles. The van der Waals surface area contributed by atoms with E-state index < -0.39 is 17.3 Å². The van der Waals surface area contributed by atoms with E-state index in [1.807, 2.05) is 4.90 Å². The number of H-pyrrole nitrogens is 1. The lowest BCUT2D eigenvalue weighted by Gasteiger charge is -2.38. The molecular formula is C31H39F4N3O. The van der Waals surface area contributed by atoms with E-state index in [0.717, 1.165) is 31.2 Å². The summed E-state index contributed by atoms with van der Waals surface area (Å²) in [6.45, 7) is 10.7. The van der Waals surface area contributed by atoms with Gasteiger partial charge in [0.15, 0.2) is 0 Å². The van der Waals surface area contributed by atoms with Crippen molar-refractivity contribution in [3.63, 3.8) is 0 Å². The summed E-state index contributed by atoms with van der Waals surface area (Å²) >= 11 is 0. The molecule has 1 fully saturated rings. The van der Waals surface area contributed by atoms with Gasteiger partial charge in [-0.05, 0) is 57.7 Å². The quantitative estimate of drug-likeness (QED) is 0.268. The number of aryl methyl sites for hydroxylation is 1. The maximum Gasteiger partial charge on any atom is 0.129 e. The van der Waals surface area contributed by atoms with Gasteiger partial charge in [-0.2, -0.15) is 0 Å². The summed E-state index contributed by atoms with van der Waals surface area (Å²) < 4.78 is 57.0. The first-order valence-corrected chi connectivity index (χ1v) is 13.3. The molecular weight excluding hydrogens is 506 g/mol. The van der Waals surface area contributed by atoms with E-state index in [1.54, 1.807) is 13.8 Å². The Morgan fingerprint density at radius 2 is 1.74 bits per heavy atom. The molecule has 1 atom stereocenters. The first kappa shape index (κ1) is 30.5. The number of rotatable bonds is 7. The first-order chi connectivity index (χ1) is 18.5. The summed E-state index contributed by atoms with van der Waals surface area (Å²) in [5, 5.41) is 1.33. The number of benzene rings is 2. The summed E-state index contributed by atoms with van der Waals surface area (Å²) in [6.07, 6.45) is 9.45. The zero-order valence-corrected chi connectivity index (χ0v) is 23.2. The average molecular weight is 546 g/mol. The van der Waals surface area contributed by atoms with Gasteiger partial charge in [-0.3, -0.25) is 14.2 Å². The predicted molar refractivity (Wildman–Crippen MR) is 149 cm³/mol. The van der Waals surface area contributed by atoms with Crippen LogP contribution in [0.3, 0.4) is 0 Å². The maximum atomic E-state index is 13.9. The number of fused-ring (bicyclic) bond motifs is 3. The minimum absolute atomic E-state index is 0.0594. The van der Waals surface area contributed by atoms with Gasteiger partial charge in [0.25, 0.3) is 0 Å². The van der Waals surface area contributed by atoms with Crippen molar-refractivity contribution in [2.24, 2.45) is 0 Å². The Hall–Kier alpha value is -3.02. The molecule has 0 unspecified atom stereocenters. The first-order valence-electron chi connectivity index (χ1n) is 13.3. The second-order valence-corrected chi connectivity index (χ2v) is 11.0. The topological polar surface area (TPSA) is 31.5 Å². The fourth-order valence-electron chi connectivity index (χ4n) is 5.12. The minimum atomic E-state index is -1.14. The lowest BCUT2D eigenvalue weighted by molar-refractivity contribution is 0.0181. The van der Waals surface area contributed by atoms with Crippen molar-refractivity contribution in [2.75, 3.05) is 32.9 Å². The molecule has 0 aliphatic carbocycles. The summed E-state index contributed by atoms with van der Waals surface area (Å²) in [4.78, 5) is 7.81. The SMILES string of the molecule is C#C.Cc1ccc2c3c([nH]c2c1)CN(CC(C)(C)F)[C@H](C)C3.FCCCN1CC(Oc2cc(F)cc(F)c2)C1. The molecule has 5 rings (SSSR count). The van der Waals surface area contributed by atoms with Gasteiger partial charge >= 0.3 is 0 Å². The van der Waals surface area contributed by atoms with Gasteiger partial charge < -0.3 is 9.72 Å². The molecule has 0 spiro atoms. The molecule has 3 aromatic rings. The number of terminal acetylenes is 1. The zero-order chi connectivity index (χ0) is 28.7. The Morgan fingerprint density at radius 3 is 2.36 bits per heavy atom. The Balaban J connectivity index is 0.000000205. The summed E-state index contributed by atoms with van der Waals surface area (Å²) in [5.41, 5.74) is 4.01. The number of alkyl halides is 2. The molecule has 4 nitrogen and oxygen atoms in total. The van der Waals surface area contributed by atoms with Crippen molar-refractivity contribution in [1.82, 2.24) is 14.8 Å². The van der Waals surface area contributed by atoms with Crippen molar-refractivity contribution in [2.45, 2.75) is 64.9 Å². The number of hydrogen-bond acceptors (Lipinski definition) is 3. The molecule has 0 amide bonds. The van der Waals surface area contributed by atoms with Crippen LogP contribution in [0.1, 0.15) is 44.0 Å². The Morgan fingerprint density at radius 1 is 1.08 bits per heavy atom. The summed E-state index contributed by atoms with van der Waals surface area (Å²) in [7, 11) is 0. The average Bonchev–Trinajstić information content (AvgIpc) is 3.17. The van der Waals surface area contributed by atoms with Gasteiger partial charge in [-0.1, -0.05) is 12.1 Å². The van der Waals surface area contributed by atoms with Crippen molar-refractivity contribution in [3.05, 3.63) is 64.9 Å². The molecule has 0 saturated carbocycles. The van der Waals surface area contributed by atoms with E-state index in [9.17, 15) is 17.6 Å². The van der Waals surface area contributed by atoms with Crippen LogP contribution < -0.4 is 4.74 Å². The van der Waals surface area contributed by atoms with Gasteiger partial charge in [0, 0.05) is 73.6 Å². The third kappa shape index (κ3) is 8.48. The molecule has 1 N–H and O–H groups in total. The number of halogens is 4. The van der Waals surface area contributed by atoms with Gasteiger partial charge in [-0.15, -0.1) is 12.8 Å². The molecule has 1 aromatic heterocycles. The number of nitrogens with zero attached hydrogens (tertiary/aromatic N) is 2. The second-order valence-electron chi connectivity index (χ2n) is 11.0. The van der Waals surface area contributed by atoms with E-state index in [2.05, 4.69) is 54.8 Å². The van der Waals surface area contributed by atoms with Crippen LogP contribution in [0, 0.1) is 31.4 Å². The highest BCUT2D eigenvalue weighted by atomic mass is 19.1. The number of aromatic amines is 1. The molecule has 0 radical (unpaired) electrons. The smallest absolute Gasteiger partial charge is 0.129 e. The van der Waals surface area contributed by atoms with Gasteiger partial charge in [0.05, 0.1) is 6.67 Å².